The predicted octanol–water partition coefficient (Wildman–Crippen LogP) is 1.13. The van der Waals surface area contributed by atoms with Gasteiger partial charge in [0.15, 0.2) is 0 Å². The molecule has 1 unspecified atom stereocenters. The molecule has 0 saturated carbocycles. The second kappa shape index (κ2) is 7.91. The highest BCUT2D eigenvalue weighted by Gasteiger charge is 2.16. The number of halogens is 1. The number of esters is 1. The van der Waals surface area contributed by atoms with Crippen molar-refractivity contribution in [1.29, 1.82) is 0 Å². The number of hydrogen-bond donors (Lipinski definition) is 1. The van der Waals surface area contributed by atoms with E-state index < -0.39 is 0 Å². The average Bonchev–Trinajstić information content (AvgIpc) is 2.67. The SMILES string of the molecule is COC(=O)CC(C)OC[C@@H]1CCCN1.Cl. The predicted molar refractivity (Wildman–Crippen MR) is 60.3 cm³/mol. The minimum absolute atomic E-state index is 0. The third-order valence-corrected chi connectivity index (χ3v) is 2.43. The second-order valence-electron chi connectivity index (χ2n) is 3.72. The molecule has 15 heavy (non-hydrogen) atoms. The molecule has 0 aromatic carbocycles. The molecule has 0 spiro atoms. The van der Waals surface area contributed by atoms with Crippen molar-refractivity contribution >= 4 is 18.4 Å². The summed E-state index contributed by atoms with van der Waals surface area (Å²) in [5.41, 5.74) is 0. The monoisotopic (exact) mass is 237 g/mol. The zero-order valence-corrected chi connectivity index (χ0v) is 10.1. The van der Waals surface area contributed by atoms with Crippen molar-refractivity contribution in [3.63, 3.8) is 0 Å². The van der Waals surface area contributed by atoms with E-state index in [1.54, 1.807) is 0 Å². The Kier molecular flexibility index (Phi) is 7.74. The maximum absolute atomic E-state index is 10.9. The van der Waals surface area contributed by atoms with Crippen LogP contribution in [0.1, 0.15) is 26.2 Å². The molecule has 1 fully saturated rings. The molecule has 4 nitrogen and oxygen atoms in total. The summed E-state index contributed by atoms with van der Waals surface area (Å²) in [6.07, 6.45) is 2.68. The summed E-state index contributed by atoms with van der Waals surface area (Å²) >= 11 is 0. The van der Waals surface area contributed by atoms with Crippen molar-refractivity contribution in [2.45, 2.75) is 38.3 Å². The van der Waals surface area contributed by atoms with Crippen LogP contribution in [0.2, 0.25) is 0 Å². The molecule has 1 rings (SSSR count). The van der Waals surface area contributed by atoms with Gasteiger partial charge < -0.3 is 14.8 Å². The fourth-order valence-electron chi connectivity index (χ4n) is 1.56. The quantitative estimate of drug-likeness (QED) is 0.729. The zero-order chi connectivity index (χ0) is 10.4. The van der Waals surface area contributed by atoms with Crippen LogP contribution >= 0.6 is 12.4 Å². The van der Waals surface area contributed by atoms with E-state index in [1.807, 2.05) is 6.92 Å². The first-order valence-electron chi connectivity index (χ1n) is 5.14. The number of methoxy groups -OCH3 is 1. The van der Waals surface area contributed by atoms with Crippen LogP contribution in [-0.2, 0) is 14.3 Å². The van der Waals surface area contributed by atoms with Crippen molar-refractivity contribution < 1.29 is 14.3 Å². The Morgan fingerprint density at radius 3 is 2.87 bits per heavy atom. The van der Waals surface area contributed by atoms with Crippen molar-refractivity contribution in [1.82, 2.24) is 5.32 Å². The van der Waals surface area contributed by atoms with E-state index in [1.165, 1.54) is 20.0 Å². The van der Waals surface area contributed by atoms with Gasteiger partial charge in [0.2, 0.25) is 0 Å². The van der Waals surface area contributed by atoms with Crippen LogP contribution in [0.4, 0.5) is 0 Å². The fraction of sp³-hybridized carbons (Fsp3) is 0.900. The van der Waals surface area contributed by atoms with Gasteiger partial charge in [-0.05, 0) is 26.3 Å². The molecule has 0 bridgehead atoms. The van der Waals surface area contributed by atoms with Gasteiger partial charge in [-0.3, -0.25) is 4.79 Å². The van der Waals surface area contributed by atoms with Gasteiger partial charge >= 0.3 is 5.97 Å². The largest absolute Gasteiger partial charge is 0.469 e. The fourth-order valence-corrected chi connectivity index (χ4v) is 1.56. The van der Waals surface area contributed by atoms with Crippen LogP contribution in [0, 0.1) is 0 Å². The highest BCUT2D eigenvalue weighted by molar-refractivity contribution is 5.85. The van der Waals surface area contributed by atoms with Crippen LogP contribution in [-0.4, -0.2) is 38.4 Å². The first kappa shape index (κ1) is 14.7. The summed E-state index contributed by atoms with van der Waals surface area (Å²) in [6.45, 7) is 3.67. The summed E-state index contributed by atoms with van der Waals surface area (Å²) in [5, 5.41) is 3.34. The number of rotatable bonds is 5. The summed E-state index contributed by atoms with van der Waals surface area (Å²) < 4.78 is 10.1. The molecule has 2 atom stereocenters. The summed E-state index contributed by atoms with van der Waals surface area (Å²) in [5.74, 6) is -0.211. The Morgan fingerprint density at radius 2 is 2.33 bits per heavy atom. The Balaban J connectivity index is 0.00000196. The van der Waals surface area contributed by atoms with E-state index in [9.17, 15) is 4.79 Å². The molecule has 0 radical (unpaired) electrons. The number of nitrogens with one attached hydrogen (secondary N) is 1. The Morgan fingerprint density at radius 1 is 1.60 bits per heavy atom. The van der Waals surface area contributed by atoms with Crippen molar-refractivity contribution in [3.8, 4) is 0 Å². The first-order chi connectivity index (χ1) is 6.72. The first-order valence-corrected chi connectivity index (χ1v) is 5.14. The van der Waals surface area contributed by atoms with Crippen LogP contribution in [0.15, 0.2) is 0 Å². The molecule has 1 N–H and O–H groups in total. The minimum atomic E-state index is -0.211. The zero-order valence-electron chi connectivity index (χ0n) is 9.32. The lowest BCUT2D eigenvalue weighted by molar-refractivity contribution is -0.143. The number of carbonyl (C=O) groups is 1. The third-order valence-electron chi connectivity index (χ3n) is 2.43. The van der Waals surface area contributed by atoms with E-state index in [-0.39, 0.29) is 24.5 Å². The minimum Gasteiger partial charge on any atom is -0.469 e. The Bertz CT molecular complexity index is 184. The van der Waals surface area contributed by atoms with E-state index in [4.69, 9.17) is 4.74 Å². The maximum Gasteiger partial charge on any atom is 0.308 e. The molecule has 0 amide bonds. The lowest BCUT2D eigenvalue weighted by Gasteiger charge is -2.15. The molecule has 5 heteroatoms. The molecule has 1 heterocycles. The molecule has 0 aromatic heterocycles. The maximum atomic E-state index is 10.9. The summed E-state index contributed by atoms with van der Waals surface area (Å²) in [7, 11) is 1.40. The number of carbonyl (C=O) groups excluding carboxylic acids is 1. The van der Waals surface area contributed by atoms with Crippen LogP contribution < -0.4 is 5.32 Å². The average molecular weight is 238 g/mol. The van der Waals surface area contributed by atoms with Gasteiger partial charge in [-0.15, -0.1) is 12.4 Å². The molecule has 1 aliphatic rings. The van der Waals surface area contributed by atoms with Crippen LogP contribution in [0.3, 0.4) is 0 Å². The summed E-state index contributed by atoms with van der Waals surface area (Å²) in [6, 6.07) is 0.468. The molecular formula is C10H20ClNO3. The standard InChI is InChI=1S/C10H19NO3.ClH/c1-8(6-10(12)13-2)14-7-9-4-3-5-11-9;/h8-9,11H,3-7H2,1-2H3;1H/t8?,9-;/m0./s1. The molecular weight excluding hydrogens is 218 g/mol. The smallest absolute Gasteiger partial charge is 0.308 e. The topological polar surface area (TPSA) is 47.6 Å². The molecule has 90 valence electrons. The molecule has 1 saturated heterocycles. The highest BCUT2D eigenvalue weighted by Crippen LogP contribution is 2.07. The van der Waals surface area contributed by atoms with Crippen LogP contribution in [0.25, 0.3) is 0 Å². The van der Waals surface area contributed by atoms with E-state index in [0.717, 1.165) is 6.54 Å². The van der Waals surface area contributed by atoms with Gasteiger partial charge in [0.05, 0.1) is 26.2 Å². The lowest BCUT2D eigenvalue weighted by atomic mass is 10.2. The number of hydrogen-bond acceptors (Lipinski definition) is 4. The third kappa shape index (κ3) is 5.97. The van der Waals surface area contributed by atoms with Gasteiger partial charge in [-0.2, -0.15) is 0 Å². The van der Waals surface area contributed by atoms with Crippen molar-refractivity contribution in [3.05, 3.63) is 0 Å². The van der Waals surface area contributed by atoms with Gasteiger partial charge in [0.25, 0.3) is 0 Å². The van der Waals surface area contributed by atoms with Crippen molar-refractivity contribution in [2.75, 3.05) is 20.3 Å². The van der Waals surface area contributed by atoms with E-state index in [0.29, 0.717) is 19.1 Å². The van der Waals surface area contributed by atoms with Gasteiger partial charge in [-0.1, -0.05) is 0 Å². The Labute approximate surface area is 97.1 Å². The second-order valence-corrected chi connectivity index (χ2v) is 3.72. The van der Waals surface area contributed by atoms with E-state index >= 15 is 0 Å². The normalized spacial score (nSPS) is 21.9. The Hall–Kier alpha value is -0.320. The molecule has 0 aliphatic carbocycles. The lowest BCUT2D eigenvalue weighted by Crippen LogP contribution is -2.29. The molecule has 1 aliphatic heterocycles. The van der Waals surface area contributed by atoms with Gasteiger partial charge in [-0.25, -0.2) is 0 Å². The highest BCUT2D eigenvalue weighted by atomic mass is 35.5. The van der Waals surface area contributed by atoms with Crippen molar-refractivity contribution in [2.24, 2.45) is 0 Å². The summed E-state index contributed by atoms with van der Waals surface area (Å²) in [4.78, 5) is 10.9. The van der Waals surface area contributed by atoms with E-state index in [2.05, 4.69) is 10.1 Å². The van der Waals surface area contributed by atoms with Gasteiger partial charge in [0, 0.05) is 6.04 Å². The molecule has 0 aromatic rings. The number of ether oxygens (including phenoxy) is 2. The van der Waals surface area contributed by atoms with Gasteiger partial charge in [0.1, 0.15) is 0 Å². The van der Waals surface area contributed by atoms with Crippen LogP contribution in [0.5, 0.6) is 0 Å².